The topological polar surface area (TPSA) is 72.2 Å². The maximum absolute atomic E-state index is 12.3. The third-order valence-corrected chi connectivity index (χ3v) is 4.80. The van der Waals surface area contributed by atoms with Crippen LogP contribution in [0.15, 0.2) is 18.2 Å². The van der Waals surface area contributed by atoms with E-state index in [1.54, 1.807) is 19.1 Å². The fraction of sp³-hybridized carbons (Fsp3) is 0.533. The molecule has 106 valence electrons. The number of nitrogens with zero attached hydrogens (tertiary/aromatic N) is 1. The summed E-state index contributed by atoms with van der Waals surface area (Å²) in [5, 5.41) is 14.0. The number of rotatable bonds is 3. The molecule has 0 unspecified atom stereocenters. The molecular weight excluding hydrogens is 256 g/mol. The van der Waals surface area contributed by atoms with Crippen LogP contribution < -0.4 is 5.32 Å². The highest BCUT2D eigenvalue weighted by Gasteiger charge is 2.40. The first-order chi connectivity index (χ1) is 9.56. The van der Waals surface area contributed by atoms with Crippen molar-refractivity contribution >= 4 is 11.6 Å². The fourth-order valence-corrected chi connectivity index (χ4v) is 3.73. The lowest BCUT2D eigenvalue weighted by Gasteiger charge is -2.23. The van der Waals surface area contributed by atoms with Crippen molar-refractivity contribution in [3.8, 4) is 0 Å². The van der Waals surface area contributed by atoms with Crippen molar-refractivity contribution in [2.24, 2.45) is 11.8 Å². The zero-order valence-corrected chi connectivity index (χ0v) is 11.5. The molecule has 2 aliphatic rings. The molecule has 2 saturated carbocycles. The Morgan fingerprint density at radius 1 is 1.35 bits per heavy atom. The van der Waals surface area contributed by atoms with Crippen LogP contribution >= 0.6 is 0 Å². The minimum absolute atomic E-state index is 0.00518. The van der Waals surface area contributed by atoms with Crippen molar-refractivity contribution in [1.82, 2.24) is 5.32 Å². The largest absolute Gasteiger partial charge is 0.349 e. The highest BCUT2D eigenvalue weighted by atomic mass is 16.6. The third kappa shape index (κ3) is 2.17. The van der Waals surface area contributed by atoms with Gasteiger partial charge in [-0.3, -0.25) is 14.9 Å². The number of carbonyl (C=O) groups is 1. The lowest BCUT2D eigenvalue weighted by molar-refractivity contribution is -0.385. The van der Waals surface area contributed by atoms with E-state index in [1.807, 2.05) is 0 Å². The Labute approximate surface area is 117 Å². The molecule has 3 rings (SSSR count). The Kier molecular flexibility index (Phi) is 3.20. The van der Waals surface area contributed by atoms with Gasteiger partial charge in [0.05, 0.1) is 4.92 Å². The first kappa shape index (κ1) is 13.1. The molecule has 0 saturated heterocycles. The molecule has 1 N–H and O–H groups in total. The number of nitrogens with one attached hydrogen (secondary N) is 1. The second kappa shape index (κ2) is 4.89. The molecule has 1 aromatic carbocycles. The van der Waals surface area contributed by atoms with Crippen LogP contribution in [-0.4, -0.2) is 16.9 Å². The second-order valence-electron chi connectivity index (χ2n) is 5.96. The van der Waals surface area contributed by atoms with E-state index in [0.717, 1.165) is 12.3 Å². The number of carbonyl (C=O) groups excluding carboxylic acids is 1. The summed E-state index contributed by atoms with van der Waals surface area (Å²) in [5.41, 5.74) is 0.866. The minimum atomic E-state index is -0.441. The molecule has 0 aromatic heterocycles. The van der Waals surface area contributed by atoms with Gasteiger partial charge in [0.25, 0.3) is 11.6 Å². The van der Waals surface area contributed by atoms with Crippen molar-refractivity contribution in [2.75, 3.05) is 0 Å². The molecule has 0 heterocycles. The molecule has 5 nitrogen and oxygen atoms in total. The van der Waals surface area contributed by atoms with Crippen molar-refractivity contribution in [3.63, 3.8) is 0 Å². The van der Waals surface area contributed by atoms with Gasteiger partial charge in [0, 0.05) is 23.2 Å². The summed E-state index contributed by atoms with van der Waals surface area (Å²) in [6.07, 6.45) is 4.76. The van der Waals surface area contributed by atoms with E-state index < -0.39 is 4.92 Å². The minimum Gasteiger partial charge on any atom is -0.349 e. The van der Waals surface area contributed by atoms with Crippen molar-refractivity contribution in [2.45, 2.75) is 38.6 Å². The van der Waals surface area contributed by atoms with E-state index >= 15 is 0 Å². The Hall–Kier alpha value is -1.91. The van der Waals surface area contributed by atoms with Gasteiger partial charge in [-0.1, -0.05) is 12.5 Å². The number of hydrogen-bond acceptors (Lipinski definition) is 3. The van der Waals surface area contributed by atoms with Crippen LogP contribution in [0.25, 0.3) is 0 Å². The van der Waals surface area contributed by atoms with E-state index in [2.05, 4.69) is 5.32 Å². The van der Waals surface area contributed by atoms with Gasteiger partial charge < -0.3 is 5.32 Å². The van der Waals surface area contributed by atoms with E-state index in [-0.39, 0.29) is 17.6 Å². The number of nitro groups is 1. The average molecular weight is 274 g/mol. The summed E-state index contributed by atoms with van der Waals surface area (Å²) in [7, 11) is 0. The molecular formula is C15H18N2O3. The van der Waals surface area contributed by atoms with Crippen LogP contribution in [-0.2, 0) is 0 Å². The zero-order chi connectivity index (χ0) is 14.3. The smallest absolute Gasteiger partial charge is 0.273 e. The van der Waals surface area contributed by atoms with Gasteiger partial charge >= 0.3 is 0 Å². The van der Waals surface area contributed by atoms with Crippen molar-refractivity contribution in [3.05, 3.63) is 39.4 Å². The molecule has 0 aliphatic heterocycles. The summed E-state index contributed by atoms with van der Waals surface area (Å²) in [6, 6.07) is 4.91. The predicted molar refractivity (Wildman–Crippen MR) is 74.5 cm³/mol. The third-order valence-electron chi connectivity index (χ3n) is 4.80. The summed E-state index contributed by atoms with van der Waals surface area (Å²) in [5.74, 6) is 1.18. The summed E-state index contributed by atoms with van der Waals surface area (Å²) < 4.78 is 0. The maximum atomic E-state index is 12.3. The first-order valence-corrected chi connectivity index (χ1v) is 7.11. The average Bonchev–Trinajstić information content (AvgIpc) is 3.00. The molecule has 3 atom stereocenters. The van der Waals surface area contributed by atoms with Gasteiger partial charge in [-0.05, 0) is 44.1 Å². The van der Waals surface area contributed by atoms with Crippen LogP contribution in [0.2, 0.25) is 0 Å². The van der Waals surface area contributed by atoms with Crippen LogP contribution in [0.5, 0.6) is 0 Å². The molecule has 5 heteroatoms. The van der Waals surface area contributed by atoms with E-state index in [4.69, 9.17) is 0 Å². The van der Waals surface area contributed by atoms with Crippen molar-refractivity contribution < 1.29 is 9.72 Å². The predicted octanol–water partition coefficient (Wildman–Crippen LogP) is 2.82. The lowest BCUT2D eigenvalue weighted by Crippen LogP contribution is -2.38. The fourth-order valence-electron chi connectivity index (χ4n) is 3.73. The Bertz CT molecular complexity index is 570. The van der Waals surface area contributed by atoms with Gasteiger partial charge in [0.1, 0.15) is 0 Å². The number of fused-ring (bicyclic) bond motifs is 2. The molecule has 1 aromatic rings. The molecule has 0 radical (unpaired) electrons. The van der Waals surface area contributed by atoms with Gasteiger partial charge in [-0.2, -0.15) is 0 Å². The van der Waals surface area contributed by atoms with Gasteiger partial charge in [0.2, 0.25) is 0 Å². The second-order valence-corrected chi connectivity index (χ2v) is 5.96. The summed E-state index contributed by atoms with van der Waals surface area (Å²) in [4.78, 5) is 22.8. The molecule has 2 fully saturated rings. The maximum Gasteiger partial charge on any atom is 0.273 e. The Morgan fingerprint density at radius 3 is 2.75 bits per heavy atom. The molecule has 2 bridgehead atoms. The number of nitro benzene ring substituents is 1. The highest BCUT2D eigenvalue weighted by Crippen LogP contribution is 2.44. The molecule has 2 aliphatic carbocycles. The first-order valence-electron chi connectivity index (χ1n) is 7.11. The Morgan fingerprint density at radius 2 is 2.15 bits per heavy atom. The van der Waals surface area contributed by atoms with Crippen molar-refractivity contribution in [1.29, 1.82) is 0 Å². The SMILES string of the molecule is Cc1c(C(=O)N[C@H]2C[C@@H]3CC[C@H]2C3)cccc1[N+](=O)[O-]. The Balaban J connectivity index is 1.77. The lowest BCUT2D eigenvalue weighted by atomic mass is 9.95. The van der Waals surface area contributed by atoms with Crippen LogP contribution in [0, 0.1) is 28.9 Å². The molecule has 20 heavy (non-hydrogen) atoms. The van der Waals surface area contributed by atoms with Crippen LogP contribution in [0.3, 0.4) is 0 Å². The standard InChI is InChI=1S/C15H18N2O3/c1-9-12(3-2-4-14(9)17(19)20)15(18)16-13-8-10-5-6-11(13)7-10/h2-4,10-11,13H,5-8H2,1H3,(H,16,18)/t10-,11+,13+/m1/s1. The molecule has 0 spiro atoms. The monoisotopic (exact) mass is 274 g/mol. The van der Waals surface area contributed by atoms with Gasteiger partial charge in [-0.15, -0.1) is 0 Å². The quantitative estimate of drug-likeness (QED) is 0.680. The van der Waals surface area contributed by atoms with Crippen LogP contribution in [0.1, 0.15) is 41.6 Å². The summed E-state index contributed by atoms with van der Waals surface area (Å²) >= 11 is 0. The number of benzene rings is 1. The zero-order valence-electron chi connectivity index (χ0n) is 11.5. The van der Waals surface area contributed by atoms with Crippen LogP contribution in [0.4, 0.5) is 5.69 Å². The van der Waals surface area contributed by atoms with Gasteiger partial charge in [0.15, 0.2) is 0 Å². The molecule has 1 amide bonds. The van der Waals surface area contributed by atoms with Gasteiger partial charge in [-0.25, -0.2) is 0 Å². The normalized spacial score (nSPS) is 27.6. The summed E-state index contributed by atoms with van der Waals surface area (Å²) in [6.45, 7) is 1.63. The van der Waals surface area contributed by atoms with E-state index in [0.29, 0.717) is 17.0 Å². The van der Waals surface area contributed by atoms with E-state index in [9.17, 15) is 14.9 Å². The highest BCUT2D eigenvalue weighted by molar-refractivity contribution is 5.96. The van der Waals surface area contributed by atoms with E-state index in [1.165, 1.54) is 25.3 Å². The number of hydrogen-bond donors (Lipinski definition) is 1. The number of amides is 1.